The van der Waals surface area contributed by atoms with E-state index in [0.717, 1.165) is 57.2 Å². The molecular formula is C22H31N3O2+2. The summed E-state index contributed by atoms with van der Waals surface area (Å²) in [5.74, 6) is 1.05. The van der Waals surface area contributed by atoms with Crippen LogP contribution in [0.3, 0.4) is 0 Å². The number of hydrogen-bond donors (Lipinski definition) is 3. The average molecular weight is 370 g/mol. The van der Waals surface area contributed by atoms with E-state index in [2.05, 4.69) is 18.3 Å². The van der Waals surface area contributed by atoms with E-state index in [0.29, 0.717) is 6.54 Å². The van der Waals surface area contributed by atoms with Gasteiger partial charge in [-0.1, -0.05) is 43.3 Å². The second kappa shape index (κ2) is 10.1. The van der Waals surface area contributed by atoms with Crippen molar-refractivity contribution in [1.82, 2.24) is 0 Å². The maximum Gasteiger partial charge on any atom is 0.279 e. The first-order valence-electron chi connectivity index (χ1n) is 9.97. The number of piperazine rings is 1. The lowest BCUT2D eigenvalue weighted by atomic mass is 10.1. The number of quaternary nitrogens is 2. The number of ether oxygens (including phenoxy) is 1. The molecule has 1 fully saturated rings. The third-order valence-corrected chi connectivity index (χ3v) is 5.21. The lowest BCUT2D eigenvalue weighted by molar-refractivity contribution is -1.01. The fourth-order valence-corrected chi connectivity index (χ4v) is 3.59. The van der Waals surface area contributed by atoms with Crippen LogP contribution in [-0.2, 0) is 11.2 Å². The van der Waals surface area contributed by atoms with Crippen LogP contribution in [0.2, 0.25) is 0 Å². The van der Waals surface area contributed by atoms with Crippen LogP contribution < -0.4 is 19.9 Å². The number of nitrogens with one attached hydrogen (secondary N) is 3. The van der Waals surface area contributed by atoms with Crippen LogP contribution in [0.25, 0.3) is 0 Å². The molecule has 3 rings (SSSR count). The fraction of sp³-hybridized carbons (Fsp3) is 0.409. The normalized spacial score (nSPS) is 19.4. The van der Waals surface area contributed by atoms with Crippen molar-refractivity contribution in [2.24, 2.45) is 0 Å². The average Bonchev–Trinajstić information content (AvgIpc) is 2.70. The number of amides is 1. The Kier molecular flexibility index (Phi) is 7.25. The third kappa shape index (κ3) is 6.08. The van der Waals surface area contributed by atoms with Crippen molar-refractivity contribution in [3.63, 3.8) is 0 Å². The summed E-state index contributed by atoms with van der Waals surface area (Å²) in [6.07, 6.45) is 0.927. The first-order chi connectivity index (χ1) is 13.2. The Labute approximate surface area is 161 Å². The highest BCUT2D eigenvalue weighted by atomic mass is 16.5. The van der Waals surface area contributed by atoms with E-state index in [4.69, 9.17) is 4.74 Å². The Hall–Kier alpha value is -2.37. The van der Waals surface area contributed by atoms with Gasteiger partial charge in [0.25, 0.3) is 5.91 Å². The minimum Gasteiger partial charge on any atom is -0.488 e. The lowest BCUT2D eigenvalue weighted by Crippen LogP contribution is -3.28. The molecule has 1 amide bonds. The lowest BCUT2D eigenvalue weighted by Gasteiger charge is -2.29. The minimum atomic E-state index is 0.113. The van der Waals surface area contributed by atoms with Gasteiger partial charge in [-0.25, -0.2) is 0 Å². The van der Waals surface area contributed by atoms with Crippen molar-refractivity contribution in [3.8, 4) is 5.75 Å². The van der Waals surface area contributed by atoms with Crippen molar-refractivity contribution < 1.29 is 19.3 Å². The number of rotatable bonds is 8. The maximum atomic E-state index is 12.4. The van der Waals surface area contributed by atoms with E-state index in [9.17, 15) is 4.79 Å². The summed E-state index contributed by atoms with van der Waals surface area (Å²) >= 11 is 0. The van der Waals surface area contributed by atoms with E-state index in [1.807, 2.05) is 48.5 Å². The van der Waals surface area contributed by atoms with E-state index >= 15 is 0 Å². The Morgan fingerprint density at radius 1 is 0.963 bits per heavy atom. The standard InChI is InChI=1S/C22H29N3O2/c1-2-19-8-6-7-11-21(19)23-22(26)18-25-14-12-24(13-15-25)16-17-27-20-9-4-3-5-10-20/h3-11H,2,12-18H2,1H3,(H,23,26)/p+2. The zero-order valence-electron chi connectivity index (χ0n) is 16.2. The number of carbonyl (C=O) groups excluding carboxylic acids is 1. The second-order valence-electron chi connectivity index (χ2n) is 7.15. The van der Waals surface area contributed by atoms with E-state index in [1.165, 1.54) is 10.5 Å². The number of aryl methyl sites for hydroxylation is 1. The quantitative estimate of drug-likeness (QED) is 0.616. The molecular weight excluding hydrogens is 338 g/mol. The minimum absolute atomic E-state index is 0.113. The van der Waals surface area contributed by atoms with Crippen LogP contribution in [0.15, 0.2) is 54.6 Å². The second-order valence-corrected chi connectivity index (χ2v) is 7.15. The van der Waals surface area contributed by atoms with Crippen LogP contribution in [0.5, 0.6) is 5.75 Å². The van der Waals surface area contributed by atoms with Crippen LogP contribution in [0, 0.1) is 0 Å². The van der Waals surface area contributed by atoms with Crippen LogP contribution in [0.4, 0.5) is 5.69 Å². The number of carbonyl (C=O) groups is 1. The van der Waals surface area contributed by atoms with Gasteiger partial charge >= 0.3 is 0 Å². The fourth-order valence-electron chi connectivity index (χ4n) is 3.59. The Bertz CT molecular complexity index is 713. The Balaban J connectivity index is 1.36. The molecule has 0 bridgehead atoms. The van der Waals surface area contributed by atoms with Gasteiger partial charge in [0.15, 0.2) is 6.54 Å². The summed E-state index contributed by atoms with van der Waals surface area (Å²) in [5, 5.41) is 3.09. The Morgan fingerprint density at radius 3 is 2.37 bits per heavy atom. The van der Waals surface area contributed by atoms with Crippen LogP contribution >= 0.6 is 0 Å². The predicted octanol–water partition coefficient (Wildman–Crippen LogP) is 0.0499. The largest absolute Gasteiger partial charge is 0.488 e. The van der Waals surface area contributed by atoms with Gasteiger partial charge in [-0.15, -0.1) is 0 Å². The molecule has 0 radical (unpaired) electrons. The zero-order valence-corrected chi connectivity index (χ0v) is 16.2. The molecule has 144 valence electrons. The molecule has 0 unspecified atom stereocenters. The van der Waals surface area contributed by atoms with Crippen molar-refractivity contribution in [2.75, 3.05) is 51.2 Å². The molecule has 2 aromatic carbocycles. The summed E-state index contributed by atoms with van der Waals surface area (Å²) in [6.45, 7) is 8.65. The molecule has 5 heteroatoms. The molecule has 0 spiro atoms. The van der Waals surface area contributed by atoms with Crippen molar-refractivity contribution in [1.29, 1.82) is 0 Å². The van der Waals surface area contributed by atoms with Gasteiger partial charge in [-0.3, -0.25) is 4.79 Å². The Morgan fingerprint density at radius 2 is 1.63 bits per heavy atom. The number of para-hydroxylation sites is 2. The molecule has 0 aromatic heterocycles. The van der Waals surface area contributed by atoms with Crippen molar-refractivity contribution in [3.05, 3.63) is 60.2 Å². The van der Waals surface area contributed by atoms with Gasteiger partial charge in [0, 0.05) is 5.69 Å². The summed E-state index contributed by atoms with van der Waals surface area (Å²) < 4.78 is 5.80. The number of hydrogen-bond acceptors (Lipinski definition) is 2. The van der Waals surface area contributed by atoms with Gasteiger partial charge in [0.05, 0.1) is 0 Å². The molecule has 3 N–H and O–H groups in total. The highest BCUT2D eigenvalue weighted by molar-refractivity contribution is 5.92. The van der Waals surface area contributed by atoms with E-state index in [1.54, 1.807) is 4.90 Å². The molecule has 1 aliphatic rings. The molecule has 2 aromatic rings. The molecule has 1 aliphatic heterocycles. The van der Waals surface area contributed by atoms with Gasteiger partial charge in [0.2, 0.25) is 0 Å². The molecule has 0 atom stereocenters. The van der Waals surface area contributed by atoms with Gasteiger partial charge < -0.3 is 19.9 Å². The monoisotopic (exact) mass is 369 g/mol. The predicted molar refractivity (Wildman–Crippen MR) is 108 cm³/mol. The SMILES string of the molecule is CCc1ccccc1NC(=O)C[NH+]1CC[NH+](CCOc2ccccc2)CC1. The summed E-state index contributed by atoms with van der Waals surface area (Å²) in [7, 11) is 0. The van der Waals surface area contributed by atoms with Crippen molar-refractivity contribution in [2.45, 2.75) is 13.3 Å². The molecule has 27 heavy (non-hydrogen) atoms. The molecule has 5 nitrogen and oxygen atoms in total. The smallest absolute Gasteiger partial charge is 0.279 e. The van der Waals surface area contributed by atoms with Gasteiger partial charge in [0.1, 0.15) is 45.1 Å². The molecule has 1 saturated heterocycles. The molecule has 1 heterocycles. The van der Waals surface area contributed by atoms with Gasteiger partial charge in [-0.05, 0) is 30.2 Å². The highest BCUT2D eigenvalue weighted by Gasteiger charge is 2.24. The number of benzene rings is 2. The summed E-state index contributed by atoms with van der Waals surface area (Å²) in [4.78, 5) is 15.3. The zero-order chi connectivity index (χ0) is 18.9. The first-order valence-corrected chi connectivity index (χ1v) is 9.97. The number of anilines is 1. The molecule has 0 saturated carbocycles. The van der Waals surface area contributed by atoms with Crippen LogP contribution in [-0.4, -0.2) is 51.8 Å². The summed E-state index contributed by atoms with van der Waals surface area (Å²) in [5.41, 5.74) is 2.14. The van der Waals surface area contributed by atoms with Crippen LogP contribution in [0.1, 0.15) is 12.5 Å². The van der Waals surface area contributed by atoms with Gasteiger partial charge in [-0.2, -0.15) is 0 Å². The maximum absolute atomic E-state index is 12.4. The summed E-state index contributed by atoms with van der Waals surface area (Å²) in [6, 6.07) is 18.0. The van der Waals surface area contributed by atoms with Crippen molar-refractivity contribution >= 4 is 11.6 Å². The highest BCUT2D eigenvalue weighted by Crippen LogP contribution is 2.14. The van der Waals surface area contributed by atoms with E-state index < -0.39 is 0 Å². The topological polar surface area (TPSA) is 47.2 Å². The first kappa shape index (κ1) is 19.4. The molecule has 0 aliphatic carbocycles. The third-order valence-electron chi connectivity index (χ3n) is 5.21. The van der Waals surface area contributed by atoms with E-state index in [-0.39, 0.29) is 5.91 Å².